The molecule has 0 atom stereocenters. The fourth-order valence-electron chi connectivity index (χ4n) is 1.42. The van der Waals surface area contributed by atoms with Gasteiger partial charge in [0, 0.05) is 5.57 Å². The fraction of sp³-hybridized carbons (Fsp3) is 0.0909. The Hall–Kier alpha value is -1.32. The van der Waals surface area contributed by atoms with Crippen LogP contribution in [0, 0.1) is 0 Å². The predicted octanol–water partition coefficient (Wildman–Crippen LogP) is 2.42. The number of carbonyl (C=O) groups is 2. The average Bonchev–Trinajstić information content (AvgIpc) is 2.51. The van der Waals surface area contributed by atoms with E-state index in [1.807, 2.05) is 0 Å². The van der Waals surface area contributed by atoms with E-state index in [1.54, 1.807) is 24.3 Å². The van der Waals surface area contributed by atoms with Gasteiger partial charge in [0.25, 0.3) is 5.91 Å². The largest absolute Gasteiger partial charge is 0.292 e. The molecule has 0 bridgehead atoms. The molecule has 1 N–H and O–H groups in total. The highest BCUT2D eigenvalue weighted by Gasteiger charge is 2.23. The topological polar surface area (TPSA) is 46.2 Å². The Morgan fingerprint density at radius 2 is 1.94 bits per heavy atom. The molecule has 1 heterocycles. The lowest BCUT2D eigenvalue weighted by atomic mass is 10.1. The minimum Gasteiger partial charge on any atom is -0.292 e. The van der Waals surface area contributed by atoms with Gasteiger partial charge in [-0.25, -0.2) is 0 Å². The highest BCUT2D eigenvalue weighted by atomic mass is 35.5. The third-order valence-corrected chi connectivity index (χ3v) is 2.92. The second-order valence-electron chi connectivity index (χ2n) is 3.40. The molecule has 1 saturated heterocycles. The molecule has 0 aliphatic carbocycles. The van der Waals surface area contributed by atoms with E-state index in [-0.39, 0.29) is 18.2 Å². The molecule has 0 saturated carbocycles. The summed E-state index contributed by atoms with van der Waals surface area (Å²) in [6.45, 7) is 0. The molecule has 0 unspecified atom stereocenters. The maximum Gasteiger partial charge on any atom is 0.254 e. The summed E-state index contributed by atoms with van der Waals surface area (Å²) in [5, 5.41) is 3.08. The zero-order chi connectivity index (χ0) is 11.7. The maximum absolute atomic E-state index is 11.3. The van der Waals surface area contributed by atoms with Crippen LogP contribution in [0.25, 0.3) is 6.08 Å². The minimum atomic E-state index is -0.351. The smallest absolute Gasteiger partial charge is 0.254 e. The van der Waals surface area contributed by atoms with Gasteiger partial charge < -0.3 is 0 Å². The SMILES string of the molecule is O=C1C/C(=C\c2ccc(Cl)c(Cl)c2)C(=O)N1. The monoisotopic (exact) mass is 255 g/mol. The zero-order valence-electron chi connectivity index (χ0n) is 8.09. The van der Waals surface area contributed by atoms with Crippen molar-refractivity contribution >= 4 is 41.1 Å². The van der Waals surface area contributed by atoms with Gasteiger partial charge in [-0.2, -0.15) is 0 Å². The molecule has 0 spiro atoms. The number of rotatable bonds is 1. The first-order chi connectivity index (χ1) is 7.56. The molecule has 2 amide bonds. The minimum absolute atomic E-state index is 0.110. The third kappa shape index (κ3) is 2.26. The standard InChI is InChI=1S/C11H7Cl2NO2/c12-8-2-1-6(4-9(8)13)3-7-5-10(15)14-11(7)16/h1-4H,5H2,(H,14,15,16)/b7-3+. The molecular weight excluding hydrogens is 249 g/mol. The molecule has 1 aliphatic rings. The predicted molar refractivity (Wildman–Crippen MR) is 62.2 cm³/mol. The van der Waals surface area contributed by atoms with Gasteiger partial charge in [-0.3, -0.25) is 14.9 Å². The van der Waals surface area contributed by atoms with Crippen molar-refractivity contribution in [2.75, 3.05) is 0 Å². The van der Waals surface area contributed by atoms with Gasteiger partial charge in [-0.15, -0.1) is 0 Å². The zero-order valence-corrected chi connectivity index (χ0v) is 9.60. The Kier molecular flexibility index (Phi) is 2.99. The summed E-state index contributed by atoms with van der Waals surface area (Å²) < 4.78 is 0. The maximum atomic E-state index is 11.3. The van der Waals surface area contributed by atoms with Gasteiger partial charge in [0.2, 0.25) is 5.91 Å². The summed E-state index contributed by atoms with van der Waals surface area (Å²) in [5.41, 5.74) is 1.18. The van der Waals surface area contributed by atoms with Crippen LogP contribution in [0.2, 0.25) is 10.0 Å². The summed E-state index contributed by atoms with van der Waals surface area (Å²) in [6, 6.07) is 5.02. The van der Waals surface area contributed by atoms with E-state index in [0.29, 0.717) is 15.6 Å². The summed E-state index contributed by atoms with van der Waals surface area (Å²) in [6.07, 6.45) is 1.74. The molecule has 0 radical (unpaired) electrons. The lowest BCUT2D eigenvalue weighted by Gasteiger charge is -1.98. The van der Waals surface area contributed by atoms with E-state index in [0.717, 1.165) is 5.56 Å². The van der Waals surface area contributed by atoms with Crippen molar-refractivity contribution in [2.45, 2.75) is 6.42 Å². The second kappa shape index (κ2) is 4.28. The van der Waals surface area contributed by atoms with E-state index in [9.17, 15) is 9.59 Å². The van der Waals surface area contributed by atoms with Crippen molar-refractivity contribution in [1.82, 2.24) is 5.32 Å². The molecule has 82 valence electrons. The van der Waals surface area contributed by atoms with Gasteiger partial charge in [0.05, 0.1) is 16.5 Å². The molecule has 0 aromatic heterocycles. The number of halogens is 2. The van der Waals surface area contributed by atoms with Crippen molar-refractivity contribution in [3.8, 4) is 0 Å². The Balaban J connectivity index is 2.32. The number of hydrogen-bond acceptors (Lipinski definition) is 2. The van der Waals surface area contributed by atoms with Gasteiger partial charge in [-0.05, 0) is 23.8 Å². The third-order valence-electron chi connectivity index (χ3n) is 2.18. The Morgan fingerprint density at radius 1 is 1.19 bits per heavy atom. The molecule has 1 aromatic carbocycles. The first kappa shape index (κ1) is 11.2. The highest BCUT2D eigenvalue weighted by molar-refractivity contribution is 6.42. The van der Waals surface area contributed by atoms with E-state index in [4.69, 9.17) is 23.2 Å². The van der Waals surface area contributed by atoms with Crippen molar-refractivity contribution in [3.05, 3.63) is 39.4 Å². The molecule has 16 heavy (non-hydrogen) atoms. The number of carbonyl (C=O) groups excluding carboxylic acids is 2. The first-order valence-corrected chi connectivity index (χ1v) is 5.31. The quantitative estimate of drug-likeness (QED) is 0.619. The van der Waals surface area contributed by atoms with Gasteiger partial charge in [0.1, 0.15) is 0 Å². The summed E-state index contributed by atoms with van der Waals surface area (Å²) in [7, 11) is 0. The lowest BCUT2D eigenvalue weighted by molar-refractivity contribution is -0.124. The number of hydrogen-bond donors (Lipinski definition) is 1. The van der Waals surface area contributed by atoms with Crippen molar-refractivity contribution in [2.24, 2.45) is 0 Å². The van der Waals surface area contributed by atoms with Crippen LogP contribution in [-0.2, 0) is 9.59 Å². The van der Waals surface area contributed by atoms with E-state index < -0.39 is 0 Å². The van der Waals surface area contributed by atoms with Crippen LogP contribution in [0.15, 0.2) is 23.8 Å². The van der Waals surface area contributed by atoms with Crippen LogP contribution >= 0.6 is 23.2 Å². The van der Waals surface area contributed by atoms with Gasteiger partial charge >= 0.3 is 0 Å². The molecular formula is C11H7Cl2NO2. The van der Waals surface area contributed by atoms with E-state index in [1.165, 1.54) is 0 Å². The van der Waals surface area contributed by atoms with Crippen molar-refractivity contribution in [1.29, 1.82) is 0 Å². The van der Waals surface area contributed by atoms with E-state index >= 15 is 0 Å². The van der Waals surface area contributed by atoms with Gasteiger partial charge in [-0.1, -0.05) is 29.3 Å². The van der Waals surface area contributed by atoms with Crippen LogP contribution in [0.4, 0.5) is 0 Å². The Bertz CT molecular complexity index is 509. The number of nitrogens with one attached hydrogen (secondary N) is 1. The van der Waals surface area contributed by atoms with Crippen LogP contribution in [-0.4, -0.2) is 11.8 Å². The molecule has 2 rings (SSSR count). The first-order valence-electron chi connectivity index (χ1n) is 4.56. The van der Waals surface area contributed by atoms with Crippen LogP contribution in [0.3, 0.4) is 0 Å². The Morgan fingerprint density at radius 3 is 2.50 bits per heavy atom. The molecule has 5 heteroatoms. The summed E-state index contributed by atoms with van der Waals surface area (Å²) in [4.78, 5) is 22.2. The number of imide groups is 1. The van der Waals surface area contributed by atoms with Crippen molar-refractivity contribution in [3.63, 3.8) is 0 Å². The average molecular weight is 256 g/mol. The van der Waals surface area contributed by atoms with Crippen LogP contribution in [0.5, 0.6) is 0 Å². The number of benzene rings is 1. The fourth-order valence-corrected chi connectivity index (χ4v) is 1.73. The molecule has 1 fully saturated rings. The Labute approximate surface area is 102 Å². The van der Waals surface area contributed by atoms with Crippen molar-refractivity contribution < 1.29 is 9.59 Å². The number of amides is 2. The highest BCUT2D eigenvalue weighted by Crippen LogP contribution is 2.24. The van der Waals surface area contributed by atoms with Crippen LogP contribution < -0.4 is 5.32 Å². The van der Waals surface area contributed by atoms with Gasteiger partial charge in [0.15, 0.2) is 0 Å². The summed E-state index contributed by atoms with van der Waals surface area (Å²) >= 11 is 11.6. The normalized spacial score (nSPS) is 18.0. The lowest BCUT2D eigenvalue weighted by Crippen LogP contribution is -2.19. The summed E-state index contributed by atoms with van der Waals surface area (Å²) in [5.74, 6) is -0.632. The second-order valence-corrected chi connectivity index (χ2v) is 4.21. The molecule has 1 aliphatic heterocycles. The molecule has 3 nitrogen and oxygen atoms in total. The van der Waals surface area contributed by atoms with E-state index in [2.05, 4.69) is 5.32 Å². The van der Waals surface area contributed by atoms with Crippen LogP contribution in [0.1, 0.15) is 12.0 Å². The molecule has 1 aromatic rings.